The molecule has 0 aliphatic carbocycles. The minimum Gasteiger partial charge on any atom is -0.394 e. The summed E-state index contributed by atoms with van der Waals surface area (Å²) < 4.78 is 5.34. The van der Waals surface area contributed by atoms with Crippen LogP contribution in [0.15, 0.2) is 12.1 Å². The molecule has 0 saturated carbocycles. The van der Waals surface area contributed by atoms with Crippen molar-refractivity contribution >= 4 is 11.5 Å². The van der Waals surface area contributed by atoms with Crippen molar-refractivity contribution in [3.8, 4) is 0 Å². The van der Waals surface area contributed by atoms with E-state index in [0.717, 1.165) is 0 Å². The number of aryl methyl sites for hydroxylation is 1. The van der Waals surface area contributed by atoms with Crippen LogP contribution in [-0.4, -0.2) is 47.4 Å². The molecule has 18 heavy (non-hydrogen) atoms. The Balaban J connectivity index is 2.18. The molecule has 1 aromatic rings. The van der Waals surface area contributed by atoms with Gasteiger partial charge in [-0.05, 0) is 13.0 Å². The molecule has 0 spiro atoms. The maximum absolute atomic E-state index is 10.7. The fourth-order valence-corrected chi connectivity index (χ4v) is 1.95. The Labute approximate surface area is 104 Å². The number of ether oxygens (including phenoxy) is 1. The van der Waals surface area contributed by atoms with Gasteiger partial charge >= 0.3 is 0 Å². The SMILES string of the molecule is Cc1nc(N2CCOC(CO)C2)ccc1[N+](=O)[O-]. The quantitative estimate of drug-likeness (QED) is 0.623. The molecule has 0 radical (unpaired) electrons. The van der Waals surface area contributed by atoms with Crippen molar-refractivity contribution in [3.63, 3.8) is 0 Å². The third-order valence-electron chi connectivity index (χ3n) is 2.91. The number of hydrogen-bond donors (Lipinski definition) is 1. The third kappa shape index (κ3) is 2.57. The van der Waals surface area contributed by atoms with Crippen LogP contribution in [0.2, 0.25) is 0 Å². The highest BCUT2D eigenvalue weighted by Gasteiger charge is 2.22. The van der Waals surface area contributed by atoms with E-state index in [-0.39, 0.29) is 18.4 Å². The third-order valence-corrected chi connectivity index (χ3v) is 2.91. The Morgan fingerprint density at radius 3 is 3.06 bits per heavy atom. The van der Waals surface area contributed by atoms with E-state index in [4.69, 9.17) is 9.84 Å². The summed E-state index contributed by atoms with van der Waals surface area (Å²) in [6.45, 7) is 3.30. The van der Waals surface area contributed by atoms with Gasteiger partial charge in [0.2, 0.25) is 0 Å². The fourth-order valence-electron chi connectivity index (χ4n) is 1.95. The average Bonchev–Trinajstić information content (AvgIpc) is 2.38. The molecule has 1 N–H and O–H groups in total. The molecule has 1 saturated heterocycles. The number of morpholine rings is 1. The maximum Gasteiger partial charge on any atom is 0.290 e. The fraction of sp³-hybridized carbons (Fsp3) is 0.545. The van der Waals surface area contributed by atoms with Crippen LogP contribution in [-0.2, 0) is 4.74 Å². The average molecular weight is 253 g/mol. The molecule has 0 aromatic carbocycles. The summed E-state index contributed by atoms with van der Waals surface area (Å²) in [7, 11) is 0. The zero-order valence-corrected chi connectivity index (χ0v) is 10.1. The van der Waals surface area contributed by atoms with Gasteiger partial charge in [0.05, 0.1) is 24.2 Å². The van der Waals surface area contributed by atoms with E-state index in [0.29, 0.717) is 31.2 Å². The molecule has 7 nitrogen and oxygen atoms in total. The van der Waals surface area contributed by atoms with Crippen LogP contribution in [0.3, 0.4) is 0 Å². The lowest BCUT2D eigenvalue weighted by Gasteiger charge is -2.32. The van der Waals surface area contributed by atoms with Gasteiger partial charge in [0.15, 0.2) is 0 Å². The van der Waals surface area contributed by atoms with Gasteiger partial charge < -0.3 is 14.7 Å². The molecule has 1 fully saturated rings. The minimum atomic E-state index is -0.443. The van der Waals surface area contributed by atoms with Crippen molar-refractivity contribution in [2.45, 2.75) is 13.0 Å². The molecule has 2 heterocycles. The Bertz CT molecular complexity index is 452. The molecule has 2 rings (SSSR count). The molecule has 0 amide bonds. The summed E-state index contributed by atoms with van der Waals surface area (Å²) in [6.07, 6.45) is -0.226. The number of anilines is 1. The summed E-state index contributed by atoms with van der Waals surface area (Å²) >= 11 is 0. The molecule has 1 aliphatic heterocycles. The zero-order chi connectivity index (χ0) is 13.1. The highest BCUT2D eigenvalue weighted by Crippen LogP contribution is 2.21. The predicted molar refractivity (Wildman–Crippen MR) is 64.7 cm³/mol. The Kier molecular flexibility index (Phi) is 3.73. The zero-order valence-electron chi connectivity index (χ0n) is 10.1. The van der Waals surface area contributed by atoms with Crippen molar-refractivity contribution in [1.82, 2.24) is 4.98 Å². The number of rotatable bonds is 3. The van der Waals surface area contributed by atoms with Crippen LogP contribution in [0.5, 0.6) is 0 Å². The highest BCUT2D eigenvalue weighted by molar-refractivity contribution is 5.47. The molecule has 1 unspecified atom stereocenters. The number of aliphatic hydroxyl groups is 1. The van der Waals surface area contributed by atoms with E-state index in [2.05, 4.69) is 4.98 Å². The van der Waals surface area contributed by atoms with Crippen molar-refractivity contribution in [1.29, 1.82) is 0 Å². The lowest BCUT2D eigenvalue weighted by molar-refractivity contribution is -0.385. The van der Waals surface area contributed by atoms with Crippen LogP contribution in [0.1, 0.15) is 5.69 Å². The molecule has 98 valence electrons. The van der Waals surface area contributed by atoms with Gasteiger partial charge in [-0.15, -0.1) is 0 Å². The Morgan fingerprint density at radius 1 is 1.67 bits per heavy atom. The second-order valence-electron chi connectivity index (χ2n) is 4.15. The van der Waals surface area contributed by atoms with Crippen LogP contribution >= 0.6 is 0 Å². The first-order valence-corrected chi connectivity index (χ1v) is 5.71. The predicted octanol–water partition coefficient (Wildman–Crippen LogP) is 0.496. The van der Waals surface area contributed by atoms with Gasteiger partial charge in [-0.3, -0.25) is 10.1 Å². The summed E-state index contributed by atoms with van der Waals surface area (Å²) in [4.78, 5) is 16.5. The lowest BCUT2D eigenvalue weighted by Crippen LogP contribution is -2.44. The highest BCUT2D eigenvalue weighted by atomic mass is 16.6. The van der Waals surface area contributed by atoms with E-state index >= 15 is 0 Å². The summed E-state index contributed by atoms with van der Waals surface area (Å²) in [5.41, 5.74) is 0.412. The van der Waals surface area contributed by atoms with E-state index < -0.39 is 4.92 Å². The van der Waals surface area contributed by atoms with E-state index in [1.807, 2.05) is 4.90 Å². The van der Waals surface area contributed by atoms with Crippen molar-refractivity contribution in [2.24, 2.45) is 0 Å². The van der Waals surface area contributed by atoms with E-state index in [1.54, 1.807) is 13.0 Å². The molecule has 7 heteroatoms. The summed E-state index contributed by atoms with van der Waals surface area (Å²) in [6, 6.07) is 3.09. The molecular weight excluding hydrogens is 238 g/mol. The van der Waals surface area contributed by atoms with Crippen LogP contribution in [0.25, 0.3) is 0 Å². The number of nitro groups is 1. The maximum atomic E-state index is 10.7. The molecular formula is C11H15N3O4. The van der Waals surface area contributed by atoms with Crippen LogP contribution in [0.4, 0.5) is 11.5 Å². The number of nitrogens with zero attached hydrogens (tertiary/aromatic N) is 3. The normalized spacial score (nSPS) is 19.9. The van der Waals surface area contributed by atoms with Gasteiger partial charge in [-0.2, -0.15) is 0 Å². The number of hydrogen-bond acceptors (Lipinski definition) is 6. The largest absolute Gasteiger partial charge is 0.394 e. The molecule has 1 aliphatic rings. The van der Waals surface area contributed by atoms with Crippen molar-refractivity contribution < 1.29 is 14.8 Å². The standard InChI is InChI=1S/C11H15N3O4/c1-8-10(14(16)17)2-3-11(12-8)13-4-5-18-9(6-13)7-15/h2-3,9,15H,4-7H2,1H3. The Hall–Kier alpha value is -1.73. The summed E-state index contributed by atoms with van der Waals surface area (Å²) in [5, 5.41) is 19.8. The summed E-state index contributed by atoms with van der Waals surface area (Å²) in [5.74, 6) is 0.680. The lowest BCUT2D eigenvalue weighted by atomic mass is 10.2. The van der Waals surface area contributed by atoms with Crippen molar-refractivity contribution in [3.05, 3.63) is 27.9 Å². The second-order valence-corrected chi connectivity index (χ2v) is 4.15. The molecule has 1 aromatic heterocycles. The molecule has 0 bridgehead atoms. The Morgan fingerprint density at radius 2 is 2.44 bits per heavy atom. The minimum absolute atomic E-state index is 0.0192. The van der Waals surface area contributed by atoms with E-state index in [9.17, 15) is 10.1 Å². The molecule has 1 atom stereocenters. The number of aromatic nitrogens is 1. The number of pyridine rings is 1. The van der Waals surface area contributed by atoms with Gasteiger partial charge in [-0.25, -0.2) is 4.98 Å². The van der Waals surface area contributed by atoms with Gasteiger partial charge in [0.1, 0.15) is 11.5 Å². The smallest absolute Gasteiger partial charge is 0.290 e. The first-order chi connectivity index (χ1) is 8.61. The van der Waals surface area contributed by atoms with Crippen LogP contribution in [0, 0.1) is 17.0 Å². The first kappa shape index (κ1) is 12.7. The van der Waals surface area contributed by atoms with Crippen LogP contribution < -0.4 is 4.90 Å². The monoisotopic (exact) mass is 253 g/mol. The van der Waals surface area contributed by atoms with Crippen molar-refractivity contribution in [2.75, 3.05) is 31.2 Å². The van der Waals surface area contributed by atoms with Gasteiger partial charge in [0, 0.05) is 19.2 Å². The second kappa shape index (κ2) is 5.28. The number of aliphatic hydroxyl groups excluding tert-OH is 1. The van der Waals surface area contributed by atoms with Gasteiger partial charge in [-0.1, -0.05) is 0 Å². The topological polar surface area (TPSA) is 88.7 Å². The van der Waals surface area contributed by atoms with E-state index in [1.165, 1.54) is 6.07 Å². The first-order valence-electron chi connectivity index (χ1n) is 5.71. The van der Waals surface area contributed by atoms with Gasteiger partial charge in [0.25, 0.3) is 5.69 Å².